The number of hydrogen-bond donors (Lipinski definition) is 2. The third-order valence-corrected chi connectivity index (χ3v) is 4.99. The molecule has 1 aromatic heterocycles. The van der Waals surface area contributed by atoms with Crippen LogP contribution in [0.1, 0.15) is 58.4 Å². The molecule has 0 saturated heterocycles. The fourth-order valence-corrected chi connectivity index (χ4v) is 3.35. The van der Waals surface area contributed by atoms with Crippen molar-refractivity contribution < 1.29 is 14.7 Å². The number of H-pyrrole nitrogens is 1. The second-order valence-electron chi connectivity index (χ2n) is 6.68. The quantitative estimate of drug-likeness (QED) is 0.593. The molecule has 0 bridgehead atoms. The maximum Gasteiger partial charge on any atom is 0.336 e. The zero-order valence-electron chi connectivity index (χ0n) is 15.3. The minimum atomic E-state index is -0.941. The van der Waals surface area contributed by atoms with Crippen LogP contribution >= 0.6 is 0 Å². The molecule has 0 aliphatic carbocycles. The van der Waals surface area contributed by atoms with Crippen molar-refractivity contribution in [3.63, 3.8) is 0 Å². The zero-order valence-corrected chi connectivity index (χ0v) is 15.3. The van der Waals surface area contributed by atoms with E-state index in [0.717, 1.165) is 29.7 Å². The molecular weight excluding hydrogens is 340 g/mol. The molecule has 2 aromatic carbocycles. The molecule has 0 fully saturated rings. The highest BCUT2D eigenvalue weighted by Crippen LogP contribution is 2.33. The molecular formula is C22H22N2O3. The normalized spacial score (nSPS) is 13.1. The highest BCUT2D eigenvalue weighted by Gasteiger charge is 2.23. The van der Waals surface area contributed by atoms with Crippen LogP contribution in [0.5, 0.6) is 0 Å². The van der Waals surface area contributed by atoms with E-state index in [4.69, 9.17) is 0 Å². The summed E-state index contributed by atoms with van der Waals surface area (Å²) in [4.78, 5) is 29.9. The summed E-state index contributed by atoms with van der Waals surface area (Å²) in [6.07, 6.45) is 3.27. The number of rotatable bonds is 7. The lowest BCUT2D eigenvalue weighted by molar-refractivity contribution is 0.0697. The van der Waals surface area contributed by atoms with Gasteiger partial charge in [-0.3, -0.25) is 4.79 Å². The van der Waals surface area contributed by atoms with E-state index in [2.05, 4.69) is 23.8 Å². The lowest BCUT2D eigenvalue weighted by Gasteiger charge is -2.22. The van der Waals surface area contributed by atoms with Crippen molar-refractivity contribution in [3.05, 3.63) is 77.4 Å². The number of carboxylic acids is 1. The average molecular weight is 362 g/mol. The third-order valence-electron chi connectivity index (χ3n) is 4.99. The van der Waals surface area contributed by atoms with Gasteiger partial charge in [-0.05, 0) is 28.7 Å². The molecule has 2 atom stereocenters. The van der Waals surface area contributed by atoms with Gasteiger partial charge in [0.25, 0.3) is 0 Å². The summed E-state index contributed by atoms with van der Waals surface area (Å²) in [6, 6.07) is 14.9. The summed E-state index contributed by atoms with van der Waals surface area (Å²) < 4.78 is 0. The van der Waals surface area contributed by atoms with E-state index in [1.54, 1.807) is 18.3 Å². The Morgan fingerprint density at radius 1 is 1.19 bits per heavy atom. The van der Waals surface area contributed by atoms with E-state index < -0.39 is 5.97 Å². The second-order valence-corrected chi connectivity index (χ2v) is 6.68. The maximum atomic E-state index is 11.5. The summed E-state index contributed by atoms with van der Waals surface area (Å²) in [5, 5.41) is 9.41. The van der Waals surface area contributed by atoms with Gasteiger partial charge >= 0.3 is 5.97 Å². The Morgan fingerprint density at radius 3 is 2.48 bits per heavy atom. The van der Waals surface area contributed by atoms with Crippen LogP contribution in [0.2, 0.25) is 0 Å². The standard InChI is InChI=1S/C22H22N2O3/c1-3-14(2)20(21-23-12-17(13-25)24-21)16-10-8-15(9-11-16)18-6-4-5-7-19(18)22(26)27/h4-14,20H,3H2,1-2H3,(H,23,24)(H,26,27). The van der Waals surface area contributed by atoms with Gasteiger partial charge in [0.05, 0.1) is 17.5 Å². The fraction of sp³-hybridized carbons (Fsp3) is 0.227. The molecule has 5 nitrogen and oxygen atoms in total. The van der Waals surface area contributed by atoms with Crippen LogP contribution in [0.4, 0.5) is 0 Å². The molecule has 27 heavy (non-hydrogen) atoms. The Balaban J connectivity index is 1.99. The predicted molar refractivity (Wildman–Crippen MR) is 104 cm³/mol. The van der Waals surface area contributed by atoms with Crippen LogP contribution in [0.15, 0.2) is 54.7 Å². The summed E-state index contributed by atoms with van der Waals surface area (Å²) in [6.45, 7) is 4.28. The van der Waals surface area contributed by atoms with Gasteiger partial charge in [-0.2, -0.15) is 0 Å². The highest BCUT2D eigenvalue weighted by molar-refractivity contribution is 5.96. The number of benzene rings is 2. The van der Waals surface area contributed by atoms with Gasteiger partial charge in [0, 0.05) is 5.92 Å². The van der Waals surface area contributed by atoms with Gasteiger partial charge in [0.2, 0.25) is 0 Å². The molecule has 0 amide bonds. The Kier molecular flexibility index (Phi) is 5.50. The molecule has 0 radical (unpaired) electrons. The highest BCUT2D eigenvalue weighted by atomic mass is 16.4. The number of carboxylic acid groups (broad SMARTS) is 1. The first kappa shape index (κ1) is 18.6. The number of imidazole rings is 1. The average Bonchev–Trinajstić information content (AvgIpc) is 3.17. The van der Waals surface area contributed by atoms with Gasteiger partial charge in [-0.25, -0.2) is 9.78 Å². The number of carbonyl (C=O) groups is 2. The van der Waals surface area contributed by atoms with E-state index in [9.17, 15) is 14.7 Å². The molecule has 3 aromatic rings. The summed E-state index contributed by atoms with van der Waals surface area (Å²) in [5.41, 5.74) is 3.37. The fourth-order valence-electron chi connectivity index (χ4n) is 3.35. The Morgan fingerprint density at radius 2 is 1.89 bits per heavy atom. The van der Waals surface area contributed by atoms with Crippen LogP contribution in [0.3, 0.4) is 0 Å². The molecule has 0 aliphatic rings. The number of nitrogens with one attached hydrogen (secondary N) is 1. The molecule has 0 saturated carbocycles. The van der Waals surface area contributed by atoms with Crippen molar-refractivity contribution in [2.24, 2.45) is 5.92 Å². The van der Waals surface area contributed by atoms with Crippen molar-refractivity contribution >= 4 is 12.3 Å². The van der Waals surface area contributed by atoms with E-state index in [0.29, 0.717) is 17.2 Å². The van der Waals surface area contributed by atoms with Gasteiger partial charge in [0.1, 0.15) is 5.82 Å². The number of hydrogen-bond acceptors (Lipinski definition) is 3. The number of aromatic amines is 1. The first-order valence-corrected chi connectivity index (χ1v) is 8.97. The minimum Gasteiger partial charge on any atom is -0.478 e. The lowest BCUT2D eigenvalue weighted by Crippen LogP contribution is -2.12. The van der Waals surface area contributed by atoms with Crippen LogP contribution in [-0.2, 0) is 0 Å². The zero-order chi connectivity index (χ0) is 19.4. The van der Waals surface area contributed by atoms with Crippen molar-refractivity contribution in [2.75, 3.05) is 0 Å². The van der Waals surface area contributed by atoms with Crippen LogP contribution < -0.4 is 0 Å². The SMILES string of the molecule is CCC(C)C(c1ccc(-c2ccccc2C(=O)O)cc1)c1ncc(C=O)[nH]1. The number of aldehydes is 1. The van der Waals surface area contributed by atoms with E-state index in [-0.39, 0.29) is 11.5 Å². The lowest BCUT2D eigenvalue weighted by atomic mass is 9.84. The Bertz CT molecular complexity index is 944. The van der Waals surface area contributed by atoms with Crippen molar-refractivity contribution in [2.45, 2.75) is 26.2 Å². The molecule has 0 aliphatic heterocycles. The monoisotopic (exact) mass is 362 g/mol. The number of carbonyl (C=O) groups excluding carboxylic acids is 1. The van der Waals surface area contributed by atoms with Gasteiger partial charge in [-0.1, -0.05) is 62.7 Å². The summed E-state index contributed by atoms with van der Waals surface area (Å²) in [7, 11) is 0. The Hall–Kier alpha value is -3.21. The molecule has 138 valence electrons. The smallest absolute Gasteiger partial charge is 0.336 e. The predicted octanol–water partition coefficient (Wildman–Crippen LogP) is 4.77. The van der Waals surface area contributed by atoms with Gasteiger partial charge in [-0.15, -0.1) is 0 Å². The van der Waals surface area contributed by atoms with Gasteiger partial charge < -0.3 is 10.1 Å². The molecule has 2 unspecified atom stereocenters. The largest absolute Gasteiger partial charge is 0.478 e. The molecule has 0 spiro atoms. The Labute approximate surface area is 158 Å². The van der Waals surface area contributed by atoms with E-state index in [1.807, 2.05) is 36.4 Å². The first-order valence-electron chi connectivity index (χ1n) is 8.97. The molecule has 5 heteroatoms. The third kappa shape index (κ3) is 3.82. The van der Waals surface area contributed by atoms with Crippen molar-refractivity contribution in [1.82, 2.24) is 9.97 Å². The van der Waals surface area contributed by atoms with Crippen LogP contribution in [-0.4, -0.2) is 27.3 Å². The van der Waals surface area contributed by atoms with Crippen molar-refractivity contribution in [3.8, 4) is 11.1 Å². The minimum absolute atomic E-state index is 0.0347. The first-order chi connectivity index (χ1) is 13.0. The van der Waals surface area contributed by atoms with E-state index >= 15 is 0 Å². The number of nitrogens with zero attached hydrogens (tertiary/aromatic N) is 1. The van der Waals surface area contributed by atoms with Gasteiger partial charge in [0.15, 0.2) is 6.29 Å². The maximum absolute atomic E-state index is 11.5. The number of aromatic nitrogens is 2. The summed E-state index contributed by atoms with van der Waals surface area (Å²) in [5.74, 6) is 0.189. The topological polar surface area (TPSA) is 83.0 Å². The molecule has 3 rings (SSSR count). The number of aromatic carboxylic acids is 1. The molecule has 1 heterocycles. The molecule has 2 N–H and O–H groups in total. The van der Waals surface area contributed by atoms with Crippen molar-refractivity contribution in [1.29, 1.82) is 0 Å². The van der Waals surface area contributed by atoms with Crippen LogP contribution in [0.25, 0.3) is 11.1 Å². The summed E-state index contributed by atoms with van der Waals surface area (Å²) >= 11 is 0. The van der Waals surface area contributed by atoms with E-state index in [1.165, 1.54) is 0 Å². The second kappa shape index (κ2) is 7.99. The van der Waals surface area contributed by atoms with Crippen LogP contribution in [0, 0.1) is 5.92 Å².